The predicted molar refractivity (Wildman–Crippen MR) is 87.3 cm³/mol. The van der Waals surface area contributed by atoms with Crippen LogP contribution in [-0.4, -0.2) is 120 Å². The maximum absolute atomic E-state index is 12.2. The molecule has 0 aromatic rings. The standard InChI is InChI=1S/C14H26N2O9S/c1-2-26(22,23)16-5-3-15(4-6-16)10(18)8-24-14-13(21)12(20)11(19)9(7-17)25-14/h9,11-14,17,19-21H,2-8H2,1H3. The van der Waals surface area contributed by atoms with Gasteiger partial charge in [0.15, 0.2) is 6.29 Å². The molecule has 2 aliphatic rings. The number of hydrogen-bond acceptors (Lipinski definition) is 9. The number of aliphatic hydroxyl groups excluding tert-OH is 4. The largest absolute Gasteiger partial charge is 0.394 e. The number of nitrogens with zero attached hydrogens (tertiary/aromatic N) is 2. The lowest BCUT2D eigenvalue weighted by atomic mass is 9.99. The molecule has 0 aromatic carbocycles. The number of sulfonamides is 1. The average molecular weight is 398 g/mol. The van der Waals surface area contributed by atoms with Gasteiger partial charge in [-0.25, -0.2) is 8.42 Å². The maximum Gasteiger partial charge on any atom is 0.248 e. The first kappa shape index (κ1) is 21.4. The Morgan fingerprint density at radius 1 is 1.12 bits per heavy atom. The summed E-state index contributed by atoms with van der Waals surface area (Å²) in [5.41, 5.74) is 0. The van der Waals surface area contributed by atoms with Crippen LogP contribution in [0.2, 0.25) is 0 Å². The number of aliphatic hydroxyl groups is 4. The number of ether oxygens (including phenoxy) is 2. The maximum atomic E-state index is 12.2. The highest BCUT2D eigenvalue weighted by molar-refractivity contribution is 7.89. The van der Waals surface area contributed by atoms with E-state index in [2.05, 4.69) is 0 Å². The van der Waals surface area contributed by atoms with E-state index >= 15 is 0 Å². The molecular weight excluding hydrogens is 372 g/mol. The molecule has 12 heteroatoms. The minimum absolute atomic E-state index is 0.00116. The molecular formula is C14H26N2O9S. The van der Waals surface area contributed by atoms with Gasteiger partial charge < -0.3 is 34.8 Å². The van der Waals surface area contributed by atoms with Crippen LogP contribution in [0.1, 0.15) is 6.92 Å². The van der Waals surface area contributed by atoms with Crippen molar-refractivity contribution in [1.82, 2.24) is 9.21 Å². The molecule has 152 valence electrons. The smallest absolute Gasteiger partial charge is 0.248 e. The van der Waals surface area contributed by atoms with Crippen molar-refractivity contribution in [2.75, 3.05) is 45.1 Å². The van der Waals surface area contributed by atoms with Crippen LogP contribution >= 0.6 is 0 Å². The van der Waals surface area contributed by atoms with Gasteiger partial charge in [-0.05, 0) is 6.92 Å². The third kappa shape index (κ3) is 4.70. The van der Waals surface area contributed by atoms with Crippen molar-refractivity contribution in [2.45, 2.75) is 37.6 Å². The number of carbonyl (C=O) groups excluding carboxylic acids is 1. The van der Waals surface area contributed by atoms with Crippen molar-refractivity contribution in [1.29, 1.82) is 0 Å². The third-order valence-corrected chi connectivity index (χ3v) is 6.45. The molecule has 2 fully saturated rings. The molecule has 26 heavy (non-hydrogen) atoms. The Bertz CT molecular complexity index is 577. The Hall–Kier alpha value is -0.860. The van der Waals surface area contributed by atoms with Crippen LogP contribution in [0.3, 0.4) is 0 Å². The Kier molecular flexibility index (Phi) is 7.33. The van der Waals surface area contributed by atoms with Crippen LogP contribution in [0.4, 0.5) is 0 Å². The van der Waals surface area contributed by atoms with Gasteiger partial charge in [0.1, 0.15) is 31.0 Å². The van der Waals surface area contributed by atoms with Crippen molar-refractivity contribution >= 4 is 15.9 Å². The highest BCUT2D eigenvalue weighted by Crippen LogP contribution is 2.22. The van der Waals surface area contributed by atoms with Crippen LogP contribution in [0.5, 0.6) is 0 Å². The van der Waals surface area contributed by atoms with E-state index in [1.165, 1.54) is 9.21 Å². The number of carbonyl (C=O) groups is 1. The van der Waals surface area contributed by atoms with Gasteiger partial charge in [-0.2, -0.15) is 4.31 Å². The molecule has 2 rings (SSSR count). The fourth-order valence-electron chi connectivity index (χ4n) is 2.85. The van der Waals surface area contributed by atoms with E-state index in [9.17, 15) is 28.5 Å². The van der Waals surface area contributed by atoms with Gasteiger partial charge in [0.2, 0.25) is 15.9 Å². The first-order valence-corrected chi connectivity index (χ1v) is 10.00. The molecule has 1 amide bonds. The van der Waals surface area contributed by atoms with Gasteiger partial charge in [-0.15, -0.1) is 0 Å². The molecule has 5 unspecified atom stereocenters. The molecule has 0 radical (unpaired) electrons. The van der Waals surface area contributed by atoms with Crippen LogP contribution in [0.25, 0.3) is 0 Å². The lowest BCUT2D eigenvalue weighted by Gasteiger charge is -2.40. The van der Waals surface area contributed by atoms with E-state index in [1.807, 2.05) is 0 Å². The van der Waals surface area contributed by atoms with Crippen LogP contribution in [0, 0.1) is 0 Å². The third-order valence-electron chi connectivity index (χ3n) is 4.57. The number of rotatable bonds is 6. The topological polar surface area (TPSA) is 157 Å². The average Bonchev–Trinajstić information content (AvgIpc) is 2.65. The Labute approximate surface area is 151 Å². The van der Waals surface area contributed by atoms with E-state index in [-0.39, 0.29) is 31.9 Å². The molecule has 11 nitrogen and oxygen atoms in total. The van der Waals surface area contributed by atoms with Crippen LogP contribution < -0.4 is 0 Å². The van der Waals surface area contributed by atoms with E-state index in [0.717, 1.165) is 0 Å². The molecule has 0 bridgehead atoms. The Morgan fingerprint density at radius 3 is 2.27 bits per heavy atom. The number of piperazine rings is 1. The molecule has 0 aromatic heterocycles. The van der Waals surface area contributed by atoms with Crippen LogP contribution in [0.15, 0.2) is 0 Å². The first-order chi connectivity index (χ1) is 12.2. The second-order valence-electron chi connectivity index (χ2n) is 6.19. The summed E-state index contributed by atoms with van der Waals surface area (Å²) in [6.45, 7) is 1.34. The lowest BCUT2D eigenvalue weighted by molar-refractivity contribution is -0.299. The summed E-state index contributed by atoms with van der Waals surface area (Å²) in [4.78, 5) is 13.6. The number of hydrogen-bond donors (Lipinski definition) is 4. The van der Waals surface area contributed by atoms with Crippen molar-refractivity contribution in [3.63, 3.8) is 0 Å². The molecule has 2 heterocycles. The molecule has 2 aliphatic heterocycles. The fraction of sp³-hybridized carbons (Fsp3) is 0.929. The molecule has 0 aliphatic carbocycles. The van der Waals surface area contributed by atoms with Gasteiger partial charge in [0, 0.05) is 26.2 Å². The fourth-order valence-corrected chi connectivity index (χ4v) is 3.93. The number of amides is 1. The van der Waals surface area contributed by atoms with E-state index in [4.69, 9.17) is 14.6 Å². The minimum Gasteiger partial charge on any atom is -0.394 e. The highest BCUT2D eigenvalue weighted by atomic mass is 32.2. The second kappa shape index (κ2) is 8.89. The van der Waals surface area contributed by atoms with Gasteiger partial charge in [-0.3, -0.25) is 4.79 Å². The highest BCUT2D eigenvalue weighted by Gasteiger charge is 2.44. The van der Waals surface area contributed by atoms with Gasteiger partial charge in [-0.1, -0.05) is 0 Å². The zero-order valence-corrected chi connectivity index (χ0v) is 15.3. The minimum atomic E-state index is -3.29. The van der Waals surface area contributed by atoms with Crippen molar-refractivity contribution in [3.05, 3.63) is 0 Å². The monoisotopic (exact) mass is 398 g/mol. The van der Waals surface area contributed by atoms with Crippen LogP contribution in [-0.2, 0) is 24.3 Å². The summed E-state index contributed by atoms with van der Waals surface area (Å²) in [7, 11) is -3.29. The van der Waals surface area contributed by atoms with Gasteiger partial charge >= 0.3 is 0 Å². The van der Waals surface area contributed by atoms with Crippen molar-refractivity contribution < 1.29 is 43.1 Å². The van der Waals surface area contributed by atoms with Crippen molar-refractivity contribution in [3.8, 4) is 0 Å². The molecule has 0 saturated carbocycles. The molecule has 0 spiro atoms. The van der Waals surface area contributed by atoms with E-state index < -0.39 is 59.9 Å². The lowest BCUT2D eigenvalue weighted by Crippen LogP contribution is -2.59. The zero-order chi connectivity index (χ0) is 19.5. The summed E-state index contributed by atoms with van der Waals surface area (Å²) in [5.74, 6) is -0.420. The van der Waals surface area contributed by atoms with Gasteiger partial charge in [0.25, 0.3) is 0 Å². The zero-order valence-electron chi connectivity index (χ0n) is 14.5. The summed E-state index contributed by atoms with van der Waals surface area (Å²) < 4.78 is 35.3. The van der Waals surface area contributed by atoms with E-state index in [0.29, 0.717) is 0 Å². The first-order valence-electron chi connectivity index (χ1n) is 8.39. The van der Waals surface area contributed by atoms with Crippen molar-refractivity contribution in [2.24, 2.45) is 0 Å². The predicted octanol–water partition coefficient (Wildman–Crippen LogP) is -3.70. The molecule has 2 saturated heterocycles. The summed E-state index contributed by atoms with van der Waals surface area (Å²) in [6.07, 6.45) is -7.15. The summed E-state index contributed by atoms with van der Waals surface area (Å²) >= 11 is 0. The Morgan fingerprint density at radius 2 is 1.73 bits per heavy atom. The summed E-state index contributed by atoms with van der Waals surface area (Å²) in [6, 6.07) is 0. The molecule has 5 atom stereocenters. The Balaban J connectivity index is 1.84. The second-order valence-corrected chi connectivity index (χ2v) is 8.45. The molecule has 4 N–H and O–H groups in total. The SMILES string of the molecule is CCS(=O)(=O)N1CCN(C(=O)COC2OC(CO)C(O)C(O)C2O)CC1. The summed E-state index contributed by atoms with van der Waals surface area (Å²) in [5, 5.41) is 38.3. The normalized spacial score (nSPS) is 34.0. The quantitative estimate of drug-likeness (QED) is 0.353. The van der Waals surface area contributed by atoms with E-state index in [1.54, 1.807) is 6.92 Å². The van der Waals surface area contributed by atoms with Gasteiger partial charge in [0.05, 0.1) is 12.4 Å².